The van der Waals surface area contributed by atoms with Crippen LogP contribution in [0, 0.1) is 31.3 Å². The molecule has 244 valence electrons. The monoisotopic (exact) mass is 708 g/mol. The molecule has 0 unspecified atom stereocenters. The summed E-state index contributed by atoms with van der Waals surface area (Å²) in [6.45, 7) is 6.00. The Morgan fingerprint density at radius 2 is 1.04 bits per heavy atom. The number of halogens is 6. The summed E-state index contributed by atoms with van der Waals surface area (Å²) in [7, 11) is 0. The van der Waals surface area contributed by atoms with Crippen LogP contribution in [0.5, 0.6) is 0 Å². The molecule has 2 aliphatic heterocycles. The lowest BCUT2D eigenvalue weighted by atomic mass is 10.0. The number of fused-ring (bicyclic) bond motifs is 6. The van der Waals surface area contributed by atoms with Crippen molar-refractivity contribution in [1.82, 2.24) is 19.8 Å². The fourth-order valence-electron chi connectivity index (χ4n) is 6.82. The molecule has 2 amide bonds. The van der Waals surface area contributed by atoms with Crippen molar-refractivity contribution >= 4 is 68.4 Å². The number of hydrogen-bond donors (Lipinski definition) is 2. The standard InChI is InChI=1S/C18H13Cl2FN2O.C18H13ClF2N2O/c1-9-13-6-11(20)7-14(12-3-2-10(19)8-15(12)21)17(13)23-5-4-22-18(24)16(9)23;1-9-13-6-10(19)7-14(12-3-2-11(20)8-15(12)21)17(13)23-5-4-22-18(24)16(9)23/h2*2-3,6-8H,4-5H2,1H3,(H,22,24). The molecule has 0 spiro atoms. The van der Waals surface area contributed by atoms with Crippen LogP contribution in [0.2, 0.25) is 15.1 Å². The highest BCUT2D eigenvalue weighted by atomic mass is 35.5. The summed E-state index contributed by atoms with van der Waals surface area (Å²) in [5.74, 6) is -1.99. The summed E-state index contributed by atoms with van der Waals surface area (Å²) in [6.07, 6.45) is 0. The molecule has 4 aromatic carbocycles. The van der Waals surface area contributed by atoms with Crippen molar-refractivity contribution in [3.8, 4) is 22.3 Å². The molecule has 6 aromatic rings. The Hall–Kier alpha value is -4.44. The van der Waals surface area contributed by atoms with Crippen molar-refractivity contribution in [3.05, 3.63) is 116 Å². The van der Waals surface area contributed by atoms with E-state index in [0.717, 1.165) is 39.0 Å². The van der Waals surface area contributed by atoms with E-state index in [1.54, 1.807) is 30.3 Å². The number of hydrogen-bond acceptors (Lipinski definition) is 2. The minimum atomic E-state index is -0.660. The van der Waals surface area contributed by atoms with Crippen LogP contribution >= 0.6 is 34.8 Å². The van der Waals surface area contributed by atoms with Gasteiger partial charge in [-0.1, -0.05) is 34.8 Å². The molecule has 2 N–H and O–H groups in total. The van der Waals surface area contributed by atoms with Gasteiger partial charge in [-0.2, -0.15) is 0 Å². The number of benzene rings is 4. The lowest BCUT2D eigenvalue weighted by Gasteiger charge is -2.18. The second kappa shape index (κ2) is 12.2. The number of amides is 2. The number of carbonyl (C=O) groups excluding carboxylic acids is 2. The van der Waals surface area contributed by atoms with E-state index >= 15 is 0 Å². The van der Waals surface area contributed by atoms with Crippen molar-refractivity contribution < 1.29 is 22.8 Å². The van der Waals surface area contributed by atoms with Gasteiger partial charge in [-0.05, 0) is 79.6 Å². The first-order valence-corrected chi connectivity index (χ1v) is 16.2. The molecule has 12 heteroatoms. The molecule has 0 bridgehead atoms. The van der Waals surface area contributed by atoms with Crippen LogP contribution < -0.4 is 10.6 Å². The Balaban J connectivity index is 0.000000152. The molecule has 2 aliphatic rings. The van der Waals surface area contributed by atoms with Gasteiger partial charge in [0.05, 0.1) is 11.0 Å². The molecule has 0 saturated carbocycles. The fraction of sp³-hybridized carbons (Fsp3) is 0.167. The lowest BCUT2D eigenvalue weighted by molar-refractivity contribution is 0.0920. The zero-order valence-electron chi connectivity index (χ0n) is 25.6. The van der Waals surface area contributed by atoms with Gasteiger partial charge in [0.25, 0.3) is 11.8 Å². The zero-order chi connectivity index (χ0) is 34.0. The summed E-state index contributed by atoms with van der Waals surface area (Å²) in [5, 5.41) is 8.60. The highest BCUT2D eigenvalue weighted by molar-refractivity contribution is 6.33. The van der Waals surface area contributed by atoms with Crippen molar-refractivity contribution in [1.29, 1.82) is 0 Å². The third-order valence-corrected chi connectivity index (χ3v) is 9.53. The molecule has 8 rings (SSSR count). The third kappa shape index (κ3) is 5.30. The van der Waals surface area contributed by atoms with Gasteiger partial charge < -0.3 is 19.8 Å². The number of aromatic nitrogens is 2. The quantitative estimate of drug-likeness (QED) is 0.188. The van der Waals surface area contributed by atoms with E-state index in [2.05, 4.69) is 10.6 Å². The maximum Gasteiger partial charge on any atom is 0.268 e. The smallest absolute Gasteiger partial charge is 0.268 e. The van der Waals surface area contributed by atoms with E-state index in [4.69, 9.17) is 34.8 Å². The topological polar surface area (TPSA) is 68.1 Å². The Labute approximate surface area is 288 Å². The van der Waals surface area contributed by atoms with Gasteiger partial charge in [-0.15, -0.1) is 0 Å². The maximum absolute atomic E-state index is 14.5. The van der Waals surface area contributed by atoms with Crippen molar-refractivity contribution in [2.45, 2.75) is 26.9 Å². The Kier molecular flexibility index (Phi) is 8.18. The van der Waals surface area contributed by atoms with Crippen molar-refractivity contribution in [2.24, 2.45) is 0 Å². The summed E-state index contributed by atoms with van der Waals surface area (Å²) >= 11 is 18.4. The van der Waals surface area contributed by atoms with Gasteiger partial charge in [0.1, 0.15) is 28.8 Å². The average molecular weight is 710 g/mol. The number of aryl methyl sites for hydroxylation is 2. The SMILES string of the molecule is Cc1c2n(c3c(-c4ccc(Cl)cc4F)cc(Cl)cc13)CCNC2=O.Cc1c2n(c3c(-c4ccc(F)cc4F)cc(Cl)cc13)CCNC2=O. The van der Waals surface area contributed by atoms with Gasteiger partial charge in [0, 0.05) is 80.3 Å². The maximum atomic E-state index is 14.5. The van der Waals surface area contributed by atoms with E-state index in [0.29, 0.717) is 69.3 Å². The highest BCUT2D eigenvalue weighted by Gasteiger charge is 2.28. The van der Waals surface area contributed by atoms with Gasteiger partial charge in [0.15, 0.2) is 0 Å². The molecule has 0 saturated heterocycles. The van der Waals surface area contributed by atoms with Crippen molar-refractivity contribution in [2.75, 3.05) is 13.1 Å². The fourth-order valence-corrected chi connectivity index (χ4v) is 7.42. The normalized spacial score (nSPS) is 13.9. The van der Waals surface area contributed by atoms with Crippen LogP contribution in [0.4, 0.5) is 13.2 Å². The Morgan fingerprint density at radius 3 is 1.50 bits per heavy atom. The van der Waals surface area contributed by atoms with Crippen LogP contribution in [0.15, 0.2) is 60.7 Å². The molecule has 0 atom stereocenters. The molecular weight excluding hydrogens is 684 g/mol. The van der Waals surface area contributed by atoms with E-state index in [-0.39, 0.29) is 17.4 Å². The molecule has 0 fully saturated rings. The molecular formula is C36H26Cl3F3N4O2. The molecule has 4 heterocycles. The first-order chi connectivity index (χ1) is 22.9. The van der Waals surface area contributed by atoms with Gasteiger partial charge in [-0.25, -0.2) is 13.2 Å². The predicted molar refractivity (Wildman–Crippen MR) is 184 cm³/mol. The summed E-state index contributed by atoms with van der Waals surface area (Å²) in [4.78, 5) is 24.5. The third-order valence-electron chi connectivity index (χ3n) is 8.86. The molecule has 6 nitrogen and oxygen atoms in total. The van der Waals surface area contributed by atoms with E-state index < -0.39 is 17.5 Å². The highest BCUT2D eigenvalue weighted by Crippen LogP contribution is 2.40. The second-order valence-electron chi connectivity index (χ2n) is 11.7. The van der Waals surface area contributed by atoms with Gasteiger partial charge in [-0.3, -0.25) is 9.59 Å². The van der Waals surface area contributed by atoms with E-state index in [1.165, 1.54) is 18.2 Å². The minimum absolute atomic E-state index is 0.117. The van der Waals surface area contributed by atoms with Crippen LogP contribution in [0.1, 0.15) is 32.1 Å². The number of rotatable bonds is 2. The molecule has 0 aliphatic carbocycles. The van der Waals surface area contributed by atoms with Crippen molar-refractivity contribution in [3.63, 3.8) is 0 Å². The lowest BCUT2D eigenvalue weighted by Crippen LogP contribution is -2.35. The largest absolute Gasteiger partial charge is 0.349 e. The summed E-state index contributed by atoms with van der Waals surface area (Å²) < 4.78 is 45.9. The number of carbonyl (C=O) groups is 2. The minimum Gasteiger partial charge on any atom is -0.349 e. The van der Waals surface area contributed by atoms with E-state index in [9.17, 15) is 22.8 Å². The van der Waals surface area contributed by atoms with Crippen LogP contribution in [-0.4, -0.2) is 34.0 Å². The van der Waals surface area contributed by atoms with Crippen LogP contribution in [0.3, 0.4) is 0 Å². The molecule has 48 heavy (non-hydrogen) atoms. The Bertz CT molecular complexity index is 2180. The summed E-state index contributed by atoms with van der Waals surface area (Å²) in [5.41, 5.74) is 6.27. The van der Waals surface area contributed by atoms with Crippen LogP contribution in [0.25, 0.3) is 44.1 Å². The molecule has 0 radical (unpaired) electrons. The number of nitrogens with zero attached hydrogens (tertiary/aromatic N) is 2. The second-order valence-corrected chi connectivity index (χ2v) is 13.0. The van der Waals surface area contributed by atoms with Crippen LogP contribution in [-0.2, 0) is 13.1 Å². The van der Waals surface area contributed by atoms with Gasteiger partial charge in [0.2, 0.25) is 0 Å². The average Bonchev–Trinajstić information content (AvgIpc) is 3.49. The summed E-state index contributed by atoms with van der Waals surface area (Å²) in [6, 6.07) is 15.0. The Morgan fingerprint density at radius 1 is 0.583 bits per heavy atom. The predicted octanol–water partition coefficient (Wildman–Crippen LogP) is 9.10. The zero-order valence-corrected chi connectivity index (χ0v) is 27.8. The van der Waals surface area contributed by atoms with E-state index in [1.807, 2.05) is 29.0 Å². The molecule has 2 aromatic heterocycles. The first kappa shape index (κ1) is 32.1. The van der Waals surface area contributed by atoms with Gasteiger partial charge >= 0.3 is 0 Å². The number of nitrogens with one attached hydrogen (secondary N) is 2. The first-order valence-electron chi connectivity index (χ1n) is 15.1.